The Kier molecular flexibility index (Phi) is 3.96. The van der Waals surface area contributed by atoms with Crippen molar-refractivity contribution in [1.29, 1.82) is 5.26 Å². The molecule has 0 fully saturated rings. The number of allylic oxidation sites excluding steroid dienone is 1. The lowest BCUT2D eigenvalue weighted by Crippen LogP contribution is -1.96. The molecule has 0 unspecified atom stereocenters. The first kappa shape index (κ1) is 14.2. The van der Waals surface area contributed by atoms with Gasteiger partial charge in [0.05, 0.1) is 10.6 Å². The molecule has 0 atom stereocenters. The number of benzene rings is 1. The van der Waals surface area contributed by atoms with Crippen LogP contribution in [-0.2, 0) is 0 Å². The number of phenols is 1. The van der Waals surface area contributed by atoms with E-state index in [4.69, 9.17) is 16.9 Å². The summed E-state index contributed by atoms with van der Waals surface area (Å²) in [7, 11) is 0. The molecule has 1 heterocycles. The summed E-state index contributed by atoms with van der Waals surface area (Å²) in [6, 6.07) is 4.09. The molecule has 0 bridgehead atoms. The highest BCUT2D eigenvalue weighted by molar-refractivity contribution is 6.31. The van der Waals surface area contributed by atoms with Gasteiger partial charge in [-0.3, -0.25) is 10.1 Å². The van der Waals surface area contributed by atoms with Crippen molar-refractivity contribution < 1.29 is 10.0 Å². The number of hydrogen-bond donors (Lipinski definition) is 3. The number of hydrogen-bond acceptors (Lipinski definition) is 8. The number of H-pyrrole nitrogens is 1. The maximum atomic E-state index is 10.8. The smallest absolute Gasteiger partial charge is 0.314 e. The van der Waals surface area contributed by atoms with Crippen molar-refractivity contribution in [2.75, 3.05) is 5.32 Å². The van der Waals surface area contributed by atoms with E-state index >= 15 is 0 Å². The van der Waals surface area contributed by atoms with Gasteiger partial charge >= 0.3 is 5.69 Å². The third kappa shape index (κ3) is 3.04. The maximum Gasteiger partial charge on any atom is 0.314 e. The second-order valence-electron chi connectivity index (χ2n) is 3.63. The Morgan fingerprint density at radius 3 is 2.95 bits per heavy atom. The van der Waals surface area contributed by atoms with E-state index in [1.165, 1.54) is 12.3 Å². The van der Waals surface area contributed by atoms with Crippen LogP contribution in [0.15, 0.2) is 18.3 Å². The molecule has 106 valence electrons. The molecule has 1 aromatic heterocycles. The zero-order chi connectivity index (χ0) is 15.4. The van der Waals surface area contributed by atoms with Crippen LogP contribution in [-0.4, -0.2) is 30.7 Å². The van der Waals surface area contributed by atoms with Crippen LogP contribution < -0.4 is 5.32 Å². The summed E-state index contributed by atoms with van der Waals surface area (Å²) in [4.78, 5) is 9.99. The first-order valence-corrected chi connectivity index (χ1v) is 5.68. The number of nitriles is 1. The number of aromatic hydroxyl groups is 1. The monoisotopic (exact) mass is 307 g/mol. The van der Waals surface area contributed by atoms with Gasteiger partial charge in [0.15, 0.2) is 0 Å². The Morgan fingerprint density at radius 1 is 1.62 bits per heavy atom. The Bertz CT molecular complexity index is 751. The van der Waals surface area contributed by atoms with Crippen molar-refractivity contribution in [2.45, 2.75) is 0 Å². The third-order valence-electron chi connectivity index (χ3n) is 2.33. The molecule has 10 nitrogen and oxygen atoms in total. The third-order valence-corrected chi connectivity index (χ3v) is 2.55. The molecule has 0 saturated carbocycles. The molecule has 3 N–H and O–H groups in total. The fourth-order valence-electron chi connectivity index (χ4n) is 1.41. The molecular formula is C10H6ClN7O3. The van der Waals surface area contributed by atoms with Gasteiger partial charge in [-0.2, -0.15) is 10.5 Å². The zero-order valence-electron chi connectivity index (χ0n) is 10.1. The molecule has 0 radical (unpaired) electrons. The predicted molar refractivity (Wildman–Crippen MR) is 71.2 cm³/mol. The summed E-state index contributed by atoms with van der Waals surface area (Å²) in [6.45, 7) is 0. The predicted octanol–water partition coefficient (Wildman–Crippen LogP) is 1.44. The Labute approximate surface area is 121 Å². The van der Waals surface area contributed by atoms with Crippen molar-refractivity contribution in [3.05, 3.63) is 39.3 Å². The standard InChI is InChI=1S/C10H6ClN7O3/c11-6-1-7(9(19)8(2-6)18(20)21)13-4-5(3-12)10-14-16-17-15-10/h1-2,4,13,19H,(H,14,15,16,17). The van der Waals surface area contributed by atoms with Gasteiger partial charge in [0.2, 0.25) is 11.6 Å². The molecule has 2 rings (SSSR count). The first-order valence-electron chi connectivity index (χ1n) is 5.30. The molecule has 0 aliphatic rings. The summed E-state index contributed by atoms with van der Waals surface area (Å²) >= 11 is 5.73. The van der Waals surface area contributed by atoms with Crippen molar-refractivity contribution >= 4 is 28.5 Å². The van der Waals surface area contributed by atoms with Gasteiger partial charge in [-0.25, -0.2) is 0 Å². The lowest BCUT2D eigenvalue weighted by atomic mass is 10.2. The average molecular weight is 308 g/mol. The van der Waals surface area contributed by atoms with Gasteiger partial charge in [-0.15, -0.1) is 10.2 Å². The van der Waals surface area contributed by atoms with Gasteiger partial charge in [0.25, 0.3) is 0 Å². The summed E-state index contributed by atoms with van der Waals surface area (Å²) in [6.07, 6.45) is 1.17. The fraction of sp³-hybridized carbons (Fsp3) is 0. The molecule has 2 aromatic rings. The minimum Gasteiger partial charge on any atom is -0.501 e. The molecule has 11 heteroatoms. The molecule has 21 heavy (non-hydrogen) atoms. The number of nitro benzene ring substituents is 1. The van der Waals surface area contributed by atoms with Crippen LogP contribution in [0, 0.1) is 21.4 Å². The first-order chi connectivity index (χ1) is 10.0. The number of halogens is 1. The van der Waals surface area contributed by atoms with Crippen LogP contribution >= 0.6 is 11.6 Å². The van der Waals surface area contributed by atoms with Gasteiger partial charge in [0.1, 0.15) is 11.6 Å². The van der Waals surface area contributed by atoms with Crippen LogP contribution in [0.3, 0.4) is 0 Å². The van der Waals surface area contributed by atoms with E-state index in [-0.39, 0.29) is 22.1 Å². The Hall–Kier alpha value is -3.19. The van der Waals surface area contributed by atoms with E-state index in [2.05, 4.69) is 25.9 Å². The molecule has 0 aliphatic carbocycles. The van der Waals surface area contributed by atoms with Gasteiger partial charge in [0, 0.05) is 17.3 Å². The summed E-state index contributed by atoms with van der Waals surface area (Å²) in [5.74, 6) is -0.577. The number of aromatic nitrogens is 4. The Morgan fingerprint density at radius 2 is 2.38 bits per heavy atom. The molecular weight excluding hydrogens is 302 g/mol. The molecule has 0 spiro atoms. The minimum atomic E-state index is -0.777. The van der Waals surface area contributed by atoms with Crippen molar-refractivity contribution in [2.24, 2.45) is 0 Å². The topological polar surface area (TPSA) is 154 Å². The molecule has 1 aromatic carbocycles. The lowest BCUT2D eigenvalue weighted by Gasteiger charge is -2.05. The van der Waals surface area contributed by atoms with Gasteiger partial charge in [-0.1, -0.05) is 11.6 Å². The highest BCUT2D eigenvalue weighted by Gasteiger charge is 2.18. The summed E-state index contributed by atoms with van der Waals surface area (Å²) in [5, 5.41) is 44.8. The lowest BCUT2D eigenvalue weighted by molar-refractivity contribution is -0.385. The van der Waals surface area contributed by atoms with E-state index in [0.29, 0.717) is 0 Å². The Balaban J connectivity index is 2.36. The number of anilines is 1. The van der Waals surface area contributed by atoms with Crippen LogP contribution in [0.5, 0.6) is 5.75 Å². The maximum absolute atomic E-state index is 10.8. The van der Waals surface area contributed by atoms with Crippen molar-refractivity contribution in [3.8, 4) is 11.8 Å². The number of nitro groups is 1. The number of phenolic OH excluding ortho intramolecular Hbond substituents is 1. The van der Waals surface area contributed by atoms with Crippen LogP contribution in [0.1, 0.15) is 5.82 Å². The summed E-state index contributed by atoms with van der Waals surface area (Å²) in [5.41, 5.74) is -0.590. The fourth-order valence-corrected chi connectivity index (χ4v) is 1.62. The normalized spacial score (nSPS) is 11.0. The number of nitrogens with one attached hydrogen (secondary N) is 2. The number of tetrazole rings is 1. The van der Waals surface area contributed by atoms with Crippen molar-refractivity contribution in [3.63, 3.8) is 0 Å². The number of nitrogens with zero attached hydrogens (tertiary/aromatic N) is 5. The van der Waals surface area contributed by atoms with E-state index in [9.17, 15) is 15.2 Å². The SMILES string of the molecule is N#CC(=CNc1cc(Cl)cc([N+](=O)[O-])c1O)c1nn[nH]n1. The minimum absolute atomic E-state index is 0.00535. The number of aromatic amines is 1. The largest absolute Gasteiger partial charge is 0.501 e. The quantitative estimate of drug-likeness (QED) is 0.332. The van der Waals surface area contributed by atoms with E-state index in [1.807, 2.05) is 6.07 Å². The second-order valence-corrected chi connectivity index (χ2v) is 4.06. The second kappa shape index (κ2) is 5.85. The van der Waals surface area contributed by atoms with Gasteiger partial charge < -0.3 is 10.4 Å². The summed E-state index contributed by atoms with van der Waals surface area (Å²) < 4.78 is 0. The highest BCUT2D eigenvalue weighted by Crippen LogP contribution is 2.37. The number of rotatable bonds is 4. The highest BCUT2D eigenvalue weighted by atomic mass is 35.5. The van der Waals surface area contributed by atoms with Gasteiger partial charge in [-0.05, 0) is 11.3 Å². The average Bonchev–Trinajstić information content (AvgIpc) is 2.96. The van der Waals surface area contributed by atoms with E-state index in [0.717, 1.165) is 6.07 Å². The van der Waals surface area contributed by atoms with Crippen LogP contribution in [0.25, 0.3) is 5.57 Å². The zero-order valence-corrected chi connectivity index (χ0v) is 10.9. The molecule has 0 aliphatic heterocycles. The van der Waals surface area contributed by atoms with Crippen molar-refractivity contribution in [1.82, 2.24) is 20.6 Å². The van der Waals surface area contributed by atoms with Crippen LogP contribution in [0.4, 0.5) is 11.4 Å². The van der Waals surface area contributed by atoms with E-state index < -0.39 is 16.4 Å². The van der Waals surface area contributed by atoms with Crippen LogP contribution in [0.2, 0.25) is 5.02 Å². The molecule has 0 amide bonds. The van der Waals surface area contributed by atoms with E-state index in [1.54, 1.807) is 0 Å². The molecule has 0 saturated heterocycles.